The topological polar surface area (TPSA) is 0 Å². The number of allylic oxidation sites excluding steroid dienone is 1. The van der Waals surface area contributed by atoms with E-state index in [9.17, 15) is 0 Å². The molecule has 0 atom stereocenters. The van der Waals surface area contributed by atoms with E-state index in [-0.39, 0.29) is 6.71 Å². The van der Waals surface area contributed by atoms with E-state index < -0.39 is 0 Å². The first kappa shape index (κ1) is 23.3. The van der Waals surface area contributed by atoms with E-state index >= 15 is 0 Å². The number of hydrogen-bond donors (Lipinski definition) is 0. The quantitative estimate of drug-likeness (QED) is 0.231. The summed E-state index contributed by atoms with van der Waals surface area (Å²) in [4.78, 5) is 0. The fraction of sp³-hybridized carbons (Fsp3) is 0.111. The molecule has 0 fully saturated rings. The van der Waals surface area contributed by atoms with Gasteiger partial charge in [0.25, 0.3) is 0 Å². The molecule has 0 unspecified atom stereocenters. The molecule has 0 bridgehead atoms. The minimum atomic E-state index is 0.103. The van der Waals surface area contributed by atoms with Gasteiger partial charge in [-0.05, 0) is 71.1 Å². The molecule has 178 valence electrons. The van der Waals surface area contributed by atoms with Gasteiger partial charge in [-0.25, -0.2) is 0 Å². The SMILES string of the molecule is C/C=C\c1c(C)c(B(c2c(C)ccc3ccccc23)c2c(C)ccc3ccccc23)cc2ccccc12. The van der Waals surface area contributed by atoms with Gasteiger partial charge in [-0.15, -0.1) is 0 Å². The van der Waals surface area contributed by atoms with Crippen molar-refractivity contribution in [1.82, 2.24) is 0 Å². The largest absolute Gasteiger partial charge is 0.243 e. The second kappa shape index (κ2) is 9.41. The lowest BCUT2D eigenvalue weighted by Crippen LogP contribution is -2.55. The molecule has 6 aromatic rings. The smallest absolute Gasteiger partial charge is 0.0870 e. The van der Waals surface area contributed by atoms with Crippen molar-refractivity contribution in [1.29, 1.82) is 0 Å². The number of benzene rings is 6. The Bertz CT molecular complexity index is 1740. The summed E-state index contributed by atoms with van der Waals surface area (Å²) >= 11 is 0. The van der Waals surface area contributed by atoms with E-state index in [1.165, 1.54) is 71.0 Å². The standard InChI is InChI=1S/C36H31B/c1-5-12-30-26(4)34(23-29-15-8-9-16-31(29)30)37(35-24(2)19-21-27-13-6-10-17-32(27)35)36-25(3)20-22-28-14-7-11-18-33(28)36/h5-23H,1-4H3/b12-5-. The Kier molecular flexibility index (Phi) is 5.93. The molecule has 0 nitrogen and oxygen atoms in total. The van der Waals surface area contributed by atoms with Gasteiger partial charge in [0.05, 0.1) is 0 Å². The third-order valence-electron chi connectivity index (χ3n) is 8.00. The highest BCUT2D eigenvalue weighted by Gasteiger charge is 2.30. The molecule has 0 radical (unpaired) electrons. The van der Waals surface area contributed by atoms with E-state index in [0.717, 1.165) is 0 Å². The van der Waals surface area contributed by atoms with Crippen LogP contribution in [-0.2, 0) is 0 Å². The van der Waals surface area contributed by atoms with Crippen molar-refractivity contribution in [3.05, 3.63) is 131 Å². The van der Waals surface area contributed by atoms with Crippen molar-refractivity contribution in [2.24, 2.45) is 0 Å². The molecule has 0 heterocycles. The fourth-order valence-electron chi connectivity index (χ4n) is 6.21. The van der Waals surface area contributed by atoms with Crippen LogP contribution >= 0.6 is 0 Å². The third-order valence-corrected chi connectivity index (χ3v) is 8.00. The molecular weight excluding hydrogens is 443 g/mol. The molecule has 0 saturated carbocycles. The van der Waals surface area contributed by atoms with Gasteiger partial charge in [0, 0.05) is 0 Å². The molecule has 6 rings (SSSR count). The van der Waals surface area contributed by atoms with Crippen molar-refractivity contribution < 1.29 is 0 Å². The van der Waals surface area contributed by atoms with E-state index in [1.54, 1.807) is 0 Å². The number of aryl methyl sites for hydroxylation is 2. The van der Waals surface area contributed by atoms with E-state index in [1.807, 2.05) is 0 Å². The van der Waals surface area contributed by atoms with Crippen LogP contribution < -0.4 is 16.4 Å². The van der Waals surface area contributed by atoms with Crippen LogP contribution in [0.15, 0.2) is 109 Å². The molecule has 0 N–H and O–H groups in total. The first-order valence-electron chi connectivity index (χ1n) is 13.2. The Morgan fingerprint density at radius 1 is 0.541 bits per heavy atom. The third kappa shape index (κ3) is 3.87. The van der Waals surface area contributed by atoms with Crippen LogP contribution in [0.3, 0.4) is 0 Å². The molecule has 6 aromatic carbocycles. The summed E-state index contributed by atoms with van der Waals surface area (Å²) in [5.74, 6) is 0. The van der Waals surface area contributed by atoms with Crippen LogP contribution in [0, 0.1) is 20.8 Å². The first-order chi connectivity index (χ1) is 18.1. The summed E-state index contributed by atoms with van der Waals surface area (Å²) in [5, 5.41) is 7.85. The fourth-order valence-corrected chi connectivity index (χ4v) is 6.21. The Labute approximate surface area is 220 Å². The summed E-state index contributed by atoms with van der Waals surface area (Å²) in [6.07, 6.45) is 4.45. The number of rotatable bonds is 4. The second-order valence-electron chi connectivity index (χ2n) is 10.2. The first-order valence-corrected chi connectivity index (χ1v) is 13.2. The highest BCUT2D eigenvalue weighted by atomic mass is 14.2. The molecule has 0 spiro atoms. The van der Waals surface area contributed by atoms with Crippen LogP contribution in [0.1, 0.15) is 29.2 Å². The van der Waals surface area contributed by atoms with E-state index in [4.69, 9.17) is 0 Å². The zero-order valence-electron chi connectivity index (χ0n) is 22.0. The van der Waals surface area contributed by atoms with Gasteiger partial charge in [-0.3, -0.25) is 0 Å². The zero-order valence-corrected chi connectivity index (χ0v) is 22.0. The van der Waals surface area contributed by atoms with Gasteiger partial charge in [0.1, 0.15) is 0 Å². The highest BCUT2D eigenvalue weighted by Crippen LogP contribution is 2.25. The van der Waals surface area contributed by atoms with Crippen LogP contribution in [0.25, 0.3) is 38.4 Å². The summed E-state index contributed by atoms with van der Waals surface area (Å²) in [5.41, 5.74) is 9.51. The maximum atomic E-state index is 2.45. The number of hydrogen-bond acceptors (Lipinski definition) is 0. The molecule has 0 aliphatic rings. The molecule has 0 saturated heterocycles. The Balaban J connectivity index is 1.82. The highest BCUT2D eigenvalue weighted by molar-refractivity contribution is 6.99. The molecular formula is C36H31B. The Morgan fingerprint density at radius 3 is 1.57 bits per heavy atom. The Hall–Kier alpha value is -4.10. The van der Waals surface area contributed by atoms with Crippen molar-refractivity contribution in [3.63, 3.8) is 0 Å². The predicted octanol–water partition coefficient (Wildman–Crippen LogP) is 7.62. The predicted molar refractivity (Wildman–Crippen MR) is 165 cm³/mol. The zero-order chi connectivity index (χ0) is 25.5. The van der Waals surface area contributed by atoms with Crippen LogP contribution in [0.4, 0.5) is 0 Å². The average molecular weight is 474 g/mol. The minimum absolute atomic E-state index is 0.103. The van der Waals surface area contributed by atoms with Gasteiger partial charge in [-0.1, -0.05) is 143 Å². The normalized spacial score (nSPS) is 11.7. The van der Waals surface area contributed by atoms with Crippen molar-refractivity contribution in [3.8, 4) is 0 Å². The lowest BCUT2D eigenvalue weighted by molar-refractivity contribution is 1.49. The molecule has 37 heavy (non-hydrogen) atoms. The molecule has 0 aliphatic heterocycles. The van der Waals surface area contributed by atoms with E-state index in [2.05, 4.69) is 143 Å². The molecule has 1 heteroatoms. The van der Waals surface area contributed by atoms with Gasteiger partial charge < -0.3 is 0 Å². The molecule has 0 aromatic heterocycles. The molecule has 0 aliphatic carbocycles. The van der Waals surface area contributed by atoms with Crippen LogP contribution in [0.2, 0.25) is 0 Å². The second-order valence-corrected chi connectivity index (χ2v) is 10.2. The maximum absolute atomic E-state index is 2.45. The van der Waals surface area contributed by atoms with Crippen molar-refractivity contribution in [2.75, 3.05) is 0 Å². The monoisotopic (exact) mass is 474 g/mol. The van der Waals surface area contributed by atoms with Crippen molar-refractivity contribution >= 4 is 61.5 Å². The summed E-state index contributed by atoms with van der Waals surface area (Å²) in [6, 6.07) is 38.1. The van der Waals surface area contributed by atoms with Crippen LogP contribution in [-0.4, -0.2) is 6.71 Å². The van der Waals surface area contributed by atoms with Gasteiger partial charge in [0.2, 0.25) is 6.71 Å². The van der Waals surface area contributed by atoms with Gasteiger partial charge in [0.15, 0.2) is 0 Å². The van der Waals surface area contributed by atoms with E-state index in [0.29, 0.717) is 0 Å². The summed E-state index contributed by atoms with van der Waals surface area (Å²) in [6.45, 7) is 9.08. The summed E-state index contributed by atoms with van der Waals surface area (Å²) < 4.78 is 0. The maximum Gasteiger partial charge on any atom is 0.243 e. The van der Waals surface area contributed by atoms with Gasteiger partial charge in [-0.2, -0.15) is 0 Å². The lowest BCUT2D eigenvalue weighted by Gasteiger charge is -2.26. The number of fused-ring (bicyclic) bond motifs is 3. The average Bonchev–Trinajstić information content (AvgIpc) is 2.93. The lowest BCUT2D eigenvalue weighted by atomic mass is 9.33. The minimum Gasteiger partial charge on any atom is -0.0870 e. The van der Waals surface area contributed by atoms with Gasteiger partial charge >= 0.3 is 0 Å². The Morgan fingerprint density at radius 2 is 1.03 bits per heavy atom. The summed E-state index contributed by atoms with van der Waals surface area (Å²) in [7, 11) is 0. The van der Waals surface area contributed by atoms with Crippen LogP contribution in [0.5, 0.6) is 0 Å². The molecule has 0 amide bonds. The van der Waals surface area contributed by atoms with Crippen molar-refractivity contribution in [2.45, 2.75) is 27.7 Å².